The Bertz CT molecular complexity index is 624. The van der Waals surface area contributed by atoms with Crippen LogP contribution in [0.5, 0.6) is 0 Å². The number of aryl methyl sites for hydroxylation is 2. The number of hydrogen-bond acceptors (Lipinski definition) is 2. The summed E-state index contributed by atoms with van der Waals surface area (Å²) >= 11 is 0. The van der Waals surface area contributed by atoms with Crippen molar-refractivity contribution in [2.75, 3.05) is 26.2 Å². The highest BCUT2D eigenvalue weighted by Gasteiger charge is 2.24. The summed E-state index contributed by atoms with van der Waals surface area (Å²) in [5.74, 6) is 0.713. The third kappa shape index (κ3) is 3.80. The summed E-state index contributed by atoms with van der Waals surface area (Å²) in [5.41, 5.74) is 3.54. The molecule has 2 aliphatic rings. The van der Waals surface area contributed by atoms with Crippen molar-refractivity contribution >= 4 is 11.8 Å². The van der Waals surface area contributed by atoms with Gasteiger partial charge in [0.15, 0.2) is 0 Å². The molecule has 4 nitrogen and oxygen atoms in total. The molecule has 0 spiro atoms. The van der Waals surface area contributed by atoms with Gasteiger partial charge in [-0.25, -0.2) is 0 Å². The third-order valence-electron chi connectivity index (χ3n) is 5.06. The fourth-order valence-electron chi connectivity index (χ4n) is 3.74. The highest BCUT2D eigenvalue weighted by molar-refractivity contribution is 5.94. The van der Waals surface area contributed by atoms with E-state index in [2.05, 4.69) is 26.0 Å². The second kappa shape index (κ2) is 7.37. The van der Waals surface area contributed by atoms with Crippen molar-refractivity contribution in [2.24, 2.45) is 5.92 Å². The molecule has 1 heterocycles. The first-order chi connectivity index (χ1) is 11.5. The Labute approximate surface area is 144 Å². The van der Waals surface area contributed by atoms with Crippen LogP contribution < -0.4 is 0 Å². The molecule has 1 aliphatic carbocycles. The lowest BCUT2D eigenvalue weighted by atomic mass is 10.1. The summed E-state index contributed by atoms with van der Waals surface area (Å²) in [6.45, 7) is 6.93. The van der Waals surface area contributed by atoms with Crippen molar-refractivity contribution in [3.05, 3.63) is 34.9 Å². The van der Waals surface area contributed by atoms with Gasteiger partial charge in [-0.1, -0.05) is 19.9 Å². The zero-order valence-electron chi connectivity index (χ0n) is 14.9. The second-order valence-corrected chi connectivity index (χ2v) is 7.46. The Kier molecular flexibility index (Phi) is 5.22. The monoisotopic (exact) mass is 328 g/mol. The van der Waals surface area contributed by atoms with Crippen LogP contribution in [0.1, 0.15) is 54.6 Å². The molecule has 3 rings (SSSR count). The van der Waals surface area contributed by atoms with E-state index in [0.29, 0.717) is 25.4 Å². The van der Waals surface area contributed by atoms with Gasteiger partial charge >= 0.3 is 0 Å². The SMILES string of the molecule is CC(C)CC(=O)N1CCCN(C(=O)c2ccc3c(c2)CCC3)CC1. The van der Waals surface area contributed by atoms with E-state index in [1.165, 1.54) is 17.5 Å². The number of hydrogen-bond donors (Lipinski definition) is 0. The third-order valence-corrected chi connectivity index (χ3v) is 5.06. The Morgan fingerprint density at radius 2 is 1.67 bits per heavy atom. The van der Waals surface area contributed by atoms with Gasteiger partial charge in [0.05, 0.1) is 0 Å². The molecule has 0 aromatic heterocycles. The molecule has 0 N–H and O–H groups in total. The van der Waals surface area contributed by atoms with Crippen LogP contribution in [0, 0.1) is 5.92 Å². The lowest BCUT2D eigenvalue weighted by Crippen LogP contribution is -2.37. The molecule has 0 saturated carbocycles. The maximum Gasteiger partial charge on any atom is 0.253 e. The van der Waals surface area contributed by atoms with Gasteiger partial charge in [0, 0.05) is 38.2 Å². The van der Waals surface area contributed by atoms with Crippen molar-refractivity contribution in [3.8, 4) is 0 Å². The molecule has 0 unspecified atom stereocenters. The van der Waals surface area contributed by atoms with Crippen LogP contribution in [0.25, 0.3) is 0 Å². The van der Waals surface area contributed by atoms with E-state index in [1.807, 2.05) is 15.9 Å². The van der Waals surface area contributed by atoms with Gasteiger partial charge in [0.25, 0.3) is 5.91 Å². The van der Waals surface area contributed by atoms with Gasteiger partial charge in [0.1, 0.15) is 0 Å². The van der Waals surface area contributed by atoms with Crippen LogP contribution in [-0.2, 0) is 17.6 Å². The quantitative estimate of drug-likeness (QED) is 0.856. The smallest absolute Gasteiger partial charge is 0.253 e. The predicted molar refractivity (Wildman–Crippen MR) is 95.0 cm³/mol. The molecule has 0 radical (unpaired) electrons. The maximum absolute atomic E-state index is 12.8. The number of benzene rings is 1. The highest BCUT2D eigenvalue weighted by atomic mass is 16.2. The number of carbonyl (C=O) groups excluding carboxylic acids is 2. The van der Waals surface area contributed by atoms with E-state index in [9.17, 15) is 9.59 Å². The molecular formula is C20H28N2O2. The minimum atomic E-state index is 0.114. The number of rotatable bonds is 3. The molecule has 1 aromatic carbocycles. The molecule has 0 bridgehead atoms. The van der Waals surface area contributed by atoms with Crippen molar-refractivity contribution in [2.45, 2.75) is 46.0 Å². The molecule has 1 fully saturated rings. The summed E-state index contributed by atoms with van der Waals surface area (Å²) in [6.07, 6.45) is 4.89. The normalized spacial score (nSPS) is 17.8. The van der Waals surface area contributed by atoms with E-state index in [4.69, 9.17) is 0 Å². The minimum absolute atomic E-state index is 0.114. The van der Waals surface area contributed by atoms with Gasteiger partial charge < -0.3 is 9.80 Å². The second-order valence-electron chi connectivity index (χ2n) is 7.46. The topological polar surface area (TPSA) is 40.6 Å². The van der Waals surface area contributed by atoms with Gasteiger partial charge in [0.2, 0.25) is 5.91 Å². The van der Waals surface area contributed by atoms with E-state index in [0.717, 1.165) is 37.9 Å². The number of nitrogens with zero attached hydrogens (tertiary/aromatic N) is 2. The molecule has 130 valence electrons. The van der Waals surface area contributed by atoms with E-state index < -0.39 is 0 Å². The summed E-state index contributed by atoms with van der Waals surface area (Å²) in [6, 6.07) is 6.17. The maximum atomic E-state index is 12.8. The van der Waals surface area contributed by atoms with E-state index >= 15 is 0 Å². The van der Waals surface area contributed by atoms with E-state index in [1.54, 1.807) is 0 Å². The van der Waals surface area contributed by atoms with Gasteiger partial charge in [-0.2, -0.15) is 0 Å². The average Bonchev–Trinajstić information content (AvgIpc) is 2.87. The summed E-state index contributed by atoms with van der Waals surface area (Å²) in [7, 11) is 0. The molecule has 1 aliphatic heterocycles. The zero-order chi connectivity index (χ0) is 17.1. The number of fused-ring (bicyclic) bond motifs is 1. The molecule has 4 heteroatoms. The molecule has 1 aromatic rings. The Morgan fingerprint density at radius 1 is 0.958 bits per heavy atom. The molecular weight excluding hydrogens is 300 g/mol. The van der Waals surface area contributed by atoms with Gasteiger partial charge in [-0.3, -0.25) is 9.59 Å². The standard InChI is InChI=1S/C20H28N2O2/c1-15(2)13-19(23)21-9-4-10-22(12-11-21)20(24)18-8-7-16-5-3-6-17(16)14-18/h7-8,14-15H,3-6,9-13H2,1-2H3. The fourth-order valence-corrected chi connectivity index (χ4v) is 3.74. The number of carbonyl (C=O) groups is 2. The van der Waals surface area contributed by atoms with Crippen LogP contribution in [0.15, 0.2) is 18.2 Å². The van der Waals surface area contributed by atoms with Crippen molar-refractivity contribution in [1.29, 1.82) is 0 Å². The van der Waals surface area contributed by atoms with Gasteiger partial charge in [-0.05, 0) is 54.9 Å². The lowest BCUT2D eigenvalue weighted by molar-refractivity contribution is -0.131. The van der Waals surface area contributed by atoms with Crippen LogP contribution in [-0.4, -0.2) is 47.8 Å². The molecule has 0 atom stereocenters. The van der Waals surface area contributed by atoms with E-state index in [-0.39, 0.29) is 11.8 Å². The largest absolute Gasteiger partial charge is 0.341 e. The van der Waals surface area contributed by atoms with Crippen molar-refractivity contribution < 1.29 is 9.59 Å². The first kappa shape index (κ1) is 17.0. The number of amides is 2. The van der Waals surface area contributed by atoms with Crippen LogP contribution in [0.2, 0.25) is 0 Å². The summed E-state index contributed by atoms with van der Waals surface area (Å²) < 4.78 is 0. The average molecular weight is 328 g/mol. The molecule has 2 amide bonds. The first-order valence-corrected chi connectivity index (χ1v) is 9.23. The Morgan fingerprint density at radius 3 is 2.46 bits per heavy atom. The van der Waals surface area contributed by atoms with Crippen molar-refractivity contribution in [1.82, 2.24) is 9.80 Å². The van der Waals surface area contributed by atoms with Gasteiger partial charge in [-0.15, -0.1) is 0 Å². The predicted octanol–water partition coefficient (Wildman–Crippen LogP) is 2.90. The minimum Gasteiger partial charge on any atom is -0.341 e. The van der Waals surface area contributed by atoms with Crippen LogP contribution in [0.4, 0.5) is 0 Å². The summed E-state index contributed by atoms with van der Waals surface area (Å²) in [4.78, 5) is 28.9. The Balaban J connectivity index is 1.63. The first-order valence-electron chi connectivity index (χ1n) is 9.23. The summed E-state index contributed by atoms with van der Waals surface area (Å²) in [5, 5.41) is 0. The highest BCUT2D eigenvalue weighted by Crippen LogP contribution is 2.23. The fraction of sp³-hybridized carbons (Fsp3) is 0.600. The zero-order valence-corrected chi connectivity index (χ0v) is 14.9. The van der Waals surface area contributed by atoms with Crippen LogP contribution in [0.3, 0.4) is 0 Å². The van der Waals surface area contributed by atoms with Crippen LogP contribution >= 0.6 is 0 Å². The molecule has 24 heavy (non-hydrogen) atoms. The lowest BCUT2D eigenvalue weighted by Gasteiger charge is -2.23. The van der Waals surface area contributed by atoms with Crippen molar-refractivity contribution in [3.63, 3.8) is 0 Å². The molecule has 1 saturated heterocycles. The Hall–Kier alpha value is -1.84.